The minimum absolute atomic E-state index is 0.201. The minimum Gasteiger partial charge on any atom is -0.466 e. The monoisotopic (exact) mass is 246 g/mol. The van der Waals surface area contributed by atoms with Crippen LogP contribution in [0.2, 0.25) is 0 Å². The molecule has 0 aliphatic heterocycles. The molecule has 1 amide bonds. The van der Waals surface area contributed by atoms with Gasteiger partial charge in [0.05, 0.1) is 11.6 Å². The van der Waals surface area contributed by atoms with Crippen LogP contribution in [0, 0.1) is 25.2 Å². The molecule has 18 heavy (non-hydrogen) atoms. The van der Waals surface area contributed by atoms with E-state index in [1.807, 2.05) is 6.92 Å². The Morgan fingerprint density at radius 3 is 2.56 bits per heavy atom. The zero-order chi connectivity index (χ0) is 13.2. The van der Waals surface area contributed by atoms with Crippen LogP contribution in [-0.4, -0.2) is 11.4 Å². The highest BCUT2D eigenvalue weighted by Crippen LogP contribution is 2.28. The van der Waals surface area contributed by atoms with Crippen molar-refractivity contribution in [3.8, 4) is 6.07 Å². The largest absolute Gasteiger partial charge is 0.466 e. The Morgan fingerprint density at radius 1 is 1.39 bits per heavy atom. The zero-order valence-electron chi connectivity index (χ0n) is 10.9. The molecule has 0 atom stereocenters. The molecular formula is C14H18N2O2. The van der Waals surface area contributed by atoms with Gasteiger partial charge >= 0.3 is 0 Å². The van der Waals surface area contributed by atoms with Crippen LogP contribution in [0.3, 0.4) is 0 Å². The van der Waals surface area contributed by atoms with Gasteiger partial charge in [-0.1, -0.05) is 19.3 Å². The van der Waals surface area contributed by atoms with Gasteiger partial charge in [-0.3, -0.25) is 4.79 Å². The number of nitriles is 1. The molecule has 1 aromatic heterocycles. The Morgan fingerprint density at radius 2 is 2.06 bits per heavy atom. The van der Waals surface area contributed by atoms with E-state index in [1.54, 1.807) is 13.0 Å². The van der Waals surface area contributed by atoms with E-state index in [0.717, 1.165) is 32.1 Å². The topological polar surface area (TPSA) is 66.0 Å². The summed E-state index contributed by atoms with van der Waals surface area (Å²) >= 11 is 0. The molecule has 1 heterocycles. The number of rotatable bonds is 2. The van der Waals surface area contributed by atoms with Gasteiger partial charge in [0.1, 0.15) is 17.1 Å². The first-order chi connectivity index (χ1) is 8.56. The van der Waals surface area contributed by atoms with Gasteiger partial charge in [0, 0.05) is 0 Å². The van der Waals surface area contributed by atoms with Crippen molar-refractivity contribution in [2.24, 2.45) is 0 Å². The molecule has 1 N–H and O–H groups in total. The lowest BCUT2D eigenvalue weighted by molar-refractivity contribution is 0.0901. The lowest BCUT2D eigenvalue weighted by Gasteiger charge is -2.31. The highest BCUT2D eigenvalue weighted by atomic mass is 16.3. The van der Waals surface area contributed by atoms with Crippen LogP contribution in [0.15, 0.2) is 10.5 Å². The van der Waals surface area contributed by atoms with E-state index in [9.17, 15) is 10.1 Å². The number of nitrogens with zero attached hydrogens (tertiary/aromatic N) is 1. The van der Waals surface area contributed by atoms with E-state index in [0.29, 0.717) is 17.1 Å². The second-order valence-corrected chi connectivity index (χ2v) is 5.04. The van der Waals surface area contributed by atoms with Crippen LogP contribution >= 0.6 is 0 Å². The minimum atomic E-state index is -0.688. The van der Waals surface area contributed by atoms with Crippen LogP contribution in [0.25, 0.3) is 0 Å². The quantitative estimate of drug-likeness (QED) is 0.872. The van der Waals surface area contributed by atoms with Crippen molar-refractivity contribution in [1.82, 2.24) is 5.32 Å². The number of furan rings is 1. The molecule has 0 unspecified atom stereocenters. The smallest absolute Gasteiger partial charge is 0.256 e. The molecule has 2 rings (SSSR count). The second-order valence-electron chi connectivity index (χ2n) is 5.04. The Balaban J connectivity index is 2.15. The van der Waals surface area contributed by atoms with Crippen molar-refractivity contribution < 1.29 is 9.21 Å². The summed E-state index contributed by atoms with van der Waals surface area (Å²) in [5.41, 5.74) is -0.153. The fourth-order valence-corrected chi connectivity index (χ4v) is 2.56. The standard InChI is InChI=1S/C14H18N2O2/c1-10-8-12(11(2)18-10)13(17)16-14(9-15)6-4-3-5-7-14/h8H,3-7H2,1-2H3,(H,16,17). The maximum absolute atomic E-state index is 12.2. The summed E-state index contributed by atoms with van der Waals surface area (Å²) in [4.78, 5) is 12.2. The van der Waals surface area contributed by atoms with Gasteiger partial charge in [-0.25, -0.2) is 0 Å². The van der Waals surface area contributed by atoms with Crippen LogP contribution in [0.5, 0.6) is 0 Å². The molecule has 4 nitrogen and oxygen atoms in total. The summed E-state index contributed by atoms with van der Waals surface area (Å²) in [5.74, 6) is 1.12. The number of hydrogen-bond acceptors (Lipinski definition) is 3. The van der Waals surface area contributed by atoms with Gasteiger partial charge < -0.3 is 9.73 Å². The highest BCUT2D eigenvalue weighted by molar-refractivity contribution is 5.96. The second kappa shape index (κ2) is 4.85. The Bertz CT molecular complexity index is 490. The zero-order valence-corrected chi connectivity index (χ0v) is 10.9. The van der Waals surface area contributed by atoms with Gasteiger partial charge in [-0.15, -0.1) is 0 Å². The normalized spacial score (nSPS) is 18.1. The number of amides is 1. The maximum atomic E-state index is 12.2. The van der Waals surface area contributed by atoms with Crippen molar-refractivity contribution in [1.29, 1.82) is 5.26 Å². The van der Waals surface area contributed by atoms with Gasteiger partial charge in [0.15, 0.2) is 0 Å². The third-order valence-electron chi connectivity index (χ3n) is 3.56. The summed E-state index contributed by atoms with van der Waals surface area (Å²) in [6.07, 6.45) is 4.62. The van der Waals surface area contributed by atoms with Crippen molar-refractivity contribution in [3.63, 3.8) is 0 Å². The predicted octanol–water partition coefficient (Wildman–Crippen LogP) is 2.85. The van der Waals surface area contributed by atoms with E-state index in [-0.39, 0.29) is 5.91 Å². The average Bonchev–Trinajstić information content (AvgIpc) is 2.70. The molecule has 1 aliphatic rings. The van der Waals surface area contributed by atoms with Crippen LogP contribution < -0.4 is 5.32 Å². The van der Waals surface area contributed by atoms with Gasteiger partial charge in [-0.2, -0.15) is 5.26 Å². The fourth-order valence-electron chi connectivity index (χ4n) is 2.56. The van der Waals surface area contributed by atoms with E-state index < -0.39 is 5.54 Å². The maximum Gasteiger partial charge on any atom is 0.256 e. The lowest BCUT2D eigenvalue weighted by atomic mass is 9.82. The molecule has 1 saturated carbocycles. The van der Waals surface area contributed by atoms with Crippen LogP contribution in [0.4, 0.5) is 0 Å². The number of carbonyl (C=O) groups is 1. The number of hydrogen-bond donors (Lipinski definition) is 1. The van der Waals surface area contributed by atoms with E-state index in [2.05, 4.69) is 11.4 Å². The van der Waals surface area contributed by atoms with Crippen molar-refractivity contribution in [2.75, 3.05) is 0 Å². The number of nitrogens with one attached hydrogen (secondary N) is 1. The van der Waals surface area contributed by atoms with Gasteiger partial charge in [-0.05, 0) is 32.8 Å². The van der Waals surface area contributed by atoms with Gasteiger partial charge in [0.2, 0.25) is 0 Å². The Hall–Kier alpha value is -1.76. The molecule has 0 bridgehead atoms. The lowest BCUT2D eigenvalue weighted by Crippen LogP contribution is -2.48. The summed E-state index contributed by atoms with van der Waals surface area (Å²) < 4.78 is 5.35. The predicted molar refractivity (Wildman–Crippen MR) is 67.1 cm³/mol. The van der Waals surface area contributed by atoms with E-state index in [1.165, 1.54) is 0 Å². The third-order valence-corrected chi connectivity index (χ3v) is 3.56. The number of carbonyl (C=O) groups excluding carboxylic acids is 1. The summed E-state index contributed by atoms with van der Waals surface area (Å²) in [7, 11) is 0. The number of aryl methyl sites for hydroxylation is 2. The first kappa shape index (κ1) is 12.7. The fraction of sp³-hybridized carbons (Fsp3) is 0.571. The van der Waals surface area contributed by atoms with E-state index in [4.69, 9.17) is 4.42 Å². The molecule has 4 heteroatoms. The molecule has 1 fully saturated rings. The summed E-state index contributed by atoms with van der Waals surface area (Å²) in [5, 5.41) is 12.2. The molecule has 0 aromatic carbocycles. The van der Waals surface area contributed by atoms with E-state index >= 15 is 0 Å². The molecule has 0 saturated heterocycles. The molecule has 0 spiro atoms. The van der Waals surface area contributed by atoms with Crippen molar-refractivity contribution in [2.45, 2.75) is 51.5 Å². The van der Waals surface area contributed by atoms with Crippen LogP contribution in [0.1, 0.15) is 54.0 Å². The Kier molecular flexibility index (Phi) is 3.42. The Labute approximate surface area is 107 Å². The molecule has 0 radical (unpaired) electrons. The van der Waals surface area contributed by atoms with Crippen LogP contribution in [-0.2, 0) is 0 Å². The molecular weight excluding hydrogens is 228 g/mol. The van der Waals surface area contributed by atoms with Gasteiger partial charge in [0.25, 0.3) is 5.91 Å². The molecule has 1 aliphatic carbocycles. The molecule has 96 valence electrons. The highest BCUT2D eigenvalue weighted by Gasteiger charge is 2.34. The average molecular weight is 246 g/mol. The molecule has 1 aromatic rings. The SMILES string of the molecule is Cc1cc(C(=O)NC2(C#N)CCCCC2)c(C)o1. The first-order valence-corrected chi connectivity index (χ1v) is 6.37. The summed E-state index contributed by atoms with van der Waals surface area (Å²) in [6, 6.07) is 4.00. The first-order valence-electron chi connectivity index (χ1n) is 6.37. The summed E-state index contributed by atoms with van der Waals surface area (Å²) in [6.45, 7) is 3.58. The third kappa shape index (κ3) is 2.40. The van der Waals surface area contributed by atoms with Crippen molar-refractivity contribution in [3.05, 3.63) is 23.2 Å². The van der Waals surface area contributed by atoms with Crippen molar-refractivity contribution >= 4 is 5.91 Å².